The highest BCUT2D eigenvalue weighted by Gasteiger charge is 2.40. The minimum absolute atomic E-state index is 0.241. The van der Waals surface area contributed by atoms with Gasteiger partial charge in [-0.25, -0.2) is 8.78 Å². The van der Waals surface area contributed by atoms with Crippen LogP contribution in [-0.2, 0) is 0 Å². The molecule has 0 saturated heterocycles. The van der Waals surface area contributed by atoms with Gasteiger partial charge in [0.25, 0.3) is 0 Å². The Morgan fingerprint density at radius 2 is 1.61 bits per heavy atom. The van der Waals surface area contributed by atoms with Crippen LogP contribution in [0, 0.1) is 11.6 Å². The van der Waals surface area contributed by atoms with E-state index < -0.39 is 23.3 Å². The van der Waals surface area contributed by atoms with Crippen LogP contribution >= 0.6 is 0 Å². The Kier molecular flexibility index (Phi) is 4.82. The SMILES string of the molecule is CCC(CC)(C(O)c1c(F)cccc1F)N(C)C. The molecule has 1 N–H and O–H groups in total. The minimum atomic E-state index is -1.19. The molecule has 4 heteroatoms. The molecule has 0 fully saturated rings. The summed E-state index contributed by atoms with van der Waals surface area (Å²) in [5.74, 6) is -1.40. The summed E-state index contributed by atoms with van der Waals surface area (Å²) in [4.78, 5) is 1.84. The van der Waals surface area contributed by atoms with Crippen molar-refractivity contribution in [2.45, 2.75) is 38.3 Å². The fourth-order valence-electron chi connectivity index (χ4n) is 2.55. The van der Waals surface area contributed by atoms with Gasteiger partial charge in [0.2, 0.25) is 0 Å². The summed E-state index contributed by atoms with van der Waals surface area (Å²) < 4.78 is 27.5. The van der Waals surface area contributed by atoms with Crippen LogP contribution in [-0.4, -0.2) is 29.6 Å². The summed E-state index contributed by atoms with van der Waals surface area (Å²) in [6.07, 6.45) is 0.0142. The molecule has 0 aromatic heterocycles. The fourth-order valence-corrected chi connectivity index (χ4v) is 2.55. The van der Waals surface area contributed by atoms with Gasteiger partial charge in [-0.1, -0.05) is 19.9 Å². The quantitative estimate of drug-likeness (QED) is 0.876. The zero-order chi connectivity index (χ0) is 13.9. The monoisotopic (exact) mass is 257 g/mol. The number of aliphatic hydroxyl groups is 1. The van der Waals surface area contributed by atoms with Crippen molar-refractivity contribution in [1.29, 1.82) is 0 Å². The maximum atomic E-state index is 13.7. The number of hydrogen-bond acceptors (Lipinski definition) is 2. The summed E-state index contributed by atoms with van der Waals surface area (Å²) in [5, 5.41) is 10.4. The number of rotatable bonds is 5. The molecule has 1 aromatic rings. The molecule has 18 heavy (non-hydrogen) atoms. The molecule has 102 valence electrons. The van der Waals surface area contributed by atoms with Crippen molar-refractivity contribution in [3.05, 3.63) is 35.4 Å². The average molecular weight is 257 g/mol. The minimum Gasteiger partial charge on any atom is -0.386 e. The zero-order valence-electron chi connectivity index (χ0n) is 11.4. The predicted octanol–water partition coefficient (Wildman–Crippen LogP) is 3.12. The molecule has 1 unspecified atom stereocenters. The zero-order valence-corrected chi connectivity index (χ0v) is 11.4. The fraction of sp³-hybridized carbons (Fsp3) is 0.571. The molecule has 1 rings (SSSR count). The van der Waals surface area contributed by atoms with Gasteiger partial charge < -0.3 is 10.0 Å². The van der Waals surface area contributed by atoms with E-state index in [9.17, 15) is 13.9 Å². The van der Waals surface area contributed by atoms with Gasteiger partial charge in [0.05, 0.1) is 11.1 Å². The third-order valence-electron chi connectivity index (χ3n) is 3.90. The Morgan fingerprint density at radius 1 is 1.17 bits per heavy atom. The summed E-state index contributed by atoms with van der Waals surface area (Å²) in [6, 6.07) is 3.65. The first-order valence-corrected chi connectivity index (χ1v) is 6.20. The van der Waals surface area contributed by atoms with E-state index in [2.05, 4.69) is 0 Å². The molecule has 0 aliphatic carbocycles. The molecule has 0 saturated carbocycles. The molecule has 0 amide bonds. The summed E-state index contributed by atoms with van der Waals surface area (Å²) in [6.45, 7) is 3.82. The molecule has 1 atom stereocenters. The molecule has 0 spiro atoms. The number of halogens is 2. The standard InChI is InChI=1S/C14H21F2NO/c1-5-14(6-2,17(3)4)13(18)12-10(15)8-7-9-11(12)16/h7-9,13,18H,5-6H2,1-4H3. The van der Waals surface area contributed by atoms with Crippen LogP contribution in [0.25, 0.3) is 0 Å². The predicted molar refractivity (Wildman–Crippen MR) is 68.3 cm³/mol. The summed E-state index contributed by atoms with van der Waals surface area (Å²) in [7, 11) is 3.63. The molecular formula is C14H21F2NO. The average Bonchev–Trinajstić information content (AvgIpc) is 2.30. The van der Waals surface area contributed by atoms with Crippen molar-refractivity contribution in [1.82, 2.24) is 4.90 Å². The van der Waals surface area contributed by atoms with E-state index in [0.29, 0.717) is 12.8 Å². The van der Waals surface area contributed by atoms with E-state index >= 15 is 0 Å². The van der Waals surface area contributed by atoms with Gasteiger partial charge in [-0.15, -0.1) is 0 Å². The molecule has 1 aromatic carbocycles. The highest BCUT2D eigenvalue weighted by molar-refractivity contribution is 5.25. The highest BCUT2D eigenvalue weighted by Crippen LogP contribution is 2.37. The molecule has 0 bridgehead atoms. The summed E-state index contributed by atoms with van der Waals surface area (Å²) >= 11 is 0. The second-order valence-electron chi connectivity index (χ2n) is 4.74. The lowest BCUT2D eigenvalue weighted by Gasteiger charge is -2.42. The Morgan fingerprint density at radius 3 is 1.94 bits per heavy atom. The van der Waals surface area contributed by atoms with Gasteiger partial charge in [-0.05, 0) is 39.1 Å². The van der Waals surface area contributed by atoms with Crippen molar-refractivity contribution in [2.24, 2.45) is 0 Å². The Hall–Kier alpha value is -1.00. The van der Waals surface area contributed by atoms with Crippen molar-refractivity contribution in [3.63, 3.8) is 0 Å². The van der Waals surface area contributed by atoms with Crippen LogP contribution < -0.4 is 0 Å². The number of likely N-dealkylation sites (N-methyl/N-ethyl adjacent to an activating group) is 1. The number of hydrogen-bond donors (Lipinski definition) is 1. The molecule has 0 aliphatic heterocycles. The Balaban J connectivity index is 3.30. The number of nitrogens with zero attached hydrogens (tertiary/aromatic N) is 1. The van der Waals surface area contributed by atoms with Crippen LogP contribution in [0.2, 0.25) is 0 Å². The van der Waals surface area contributed by atoms with Gasteiger partial charge in [0.1, 0.15) is 17.7 Å². The first-order chi connectivity index (χ1) is 8.40. The van der Waals surface area contributed by atoms with Gasteiger partial charge >= 0.3 is 0 Å². The van der Waals surface area contributed by atoms with Crippen LogP contribution in [0.3, 0.4) is 0 Å². The van der Waals surface area contributed by atoms with Crippen molar-refractivity contribution < 1.29 is 13.9 Å². The molecule has 0 radical (unpaired) electrons. The smallest absolute Gasteiger partial charge is 0.132 e. The van der Waals surface area contributed by atoms with Gasteiger partial charge in [-0.3, -0.25) is 0 Å². The van der Waals surface area contributed by atoms with Crippen LogP contribution in [0.5, 0.6) is 0 Å². The van der Waals surface area contributed by atoms with E-state index in [1.807, 2.05) is 32.8 Å². The van der Waals surface area contributed by atoms with E-state index in [0.717, 1.165) is 0 Å². The van der Waals surface area contributed by atoms with Crippen LogP contribution in [0.1, 0.15) is 38.4 Å². The van der Waals surface area contributed by atoms with Gasteiger partial charge in [0, 0.05) is 0 Å². The largest absolute Gasteiger partial charge is 0.386 e. The maximum absolute atomic E-state index is 13.7. The van der Waals surface area contributed by atoms with Crippen molar-refractivity contribution in [3.8, 4) is 0 Å². The van der Waals surface area contributed by atoms with Gasteiger partial charge in [-0.2, -0.15) is 0 Å². The second-order valence-corrected chi connectivity index (χ2v) is 4.74. The Bertz CT molecular complexity index is 383. The number of benzene rings is 1. The van der Waals surface area contributed by atoms with E-state index in [4.69, 9.17) is 0 Å². The molecule has 2 nitrogen and oxygen atoms in total. The topological polar surface area (TPSA) is 23.5 Å². The first-order valence-electron chi connectivity index (χ1n) is 6.20. The Labute approximate surface area is 107 Å². The van der Waals surface area contributed by atoms with E-state index in [1.165, 1.54) is 18.2 Å². The highest BCUT2D eigenvalue weighted by atomic mass is 19.1. The lowest BCUT2D eigenvalue weighted by atomic mass is 9.81. The van der Waals surface area contributed by atoms with E-state index in [1.54, 1.807) is 0 Å². The van der Waals surface area contributed by atoms with Crippen molar-refractivity contribution in [2.75, 3.05) is 14.1 Å². The third kappa shape index (κ3) is 2.40. The molecular weight excluding hydrogens is 236 g/mol. The first kappa shape index (κ1) is 15.1. The lowest BCUT2D eigenvalue weighted by molar-refractivity contribution is -0.0188. The van der Waals surface area contributed by atoms with Crippen LogP contribution in [0.4, 0.5) is 8.78 Å². The number of aliphatic hydroxyl groups excluding tert-OH is 1. The lowest BCUT2D eigenvalue weighted by Crippen LogP contribution is -2.48. The molecule has 0 heterocycles. The summed E-state index contributed by atoms with van der Waals surface area (Å²) in [5.41, 5.74) is -0.904. The van der Waals surface area contributed by atoms with E-state index in [-0.39, 0.29) is 5.56 Å². The second kappa shape index (κ2) is 5.76. The normalized spacial score (nSPS) is 14.0. The third-order valence-corrected chi connectivity index (χ3v) is 3.90. The van der Waals surface area contributed by atoms with Crippen molar-refractivity contribution >= 4 is 0 Å². The van der Waals surface area contributed by atoms with Gasteiger partial charge in [0.15, 0.2) is 0 Å². The maximum Gasteiger partial charge on any atom is 0.132 e. The van der Waals surface area contributed by atoms with Crippen LogP contribution in [0.15, 0.2) is 18.2 Å². The molecule has 0 aliphatic rings.